The Morgan fingerprint density at radius 2 is 2.05 bits per heavy atom. The molecule has 2 aliphatic heterocycles. The van der Waals surface area contributed by atoms with Crippen molar-refractivity contribution >= 4 is 47.3 Å². The van der Waals surface area contributed by atoms with Gasteiger partial charge in [0.05, 0.1) is 27.4 Å². The Kier molecular flexibility index (Phi) is 9.24. The molecule has 16 heteroatoms. The van der Waals surface area contributed by atoms with Crippen LogP contribution in [0.5, 0.6) is 0 Å². The number of hydrogen-bond donors (Lipinski definition) is 2. The van der Waals surface area contributed by atoms with Crippen LogP contribution in [-0.2, 0) is 33.5 Å². The predicted octanol–water partition coefficient (Wildman–Crippen LogP) is -1.86. The van der Waals surface area contributed by atoms with E-state index in [1.54, 1.807) is 27.2 Å². The van der Waals surface area contributed by atoms with Crippen LogP contribution >= 0.6 is 11.8 Å². The second kappa shape index (κ2) is 12.2. The van der Waals surface area contributed by atoms with Gasteiger partial charge in [0.15, 0.2) is 11.9 Å². The van der Waals surface area contributed by atoms with E-state index in [0.29, 0.717) is 0 Å². The van der Waals surface area contributed by atoms with Crippen molar-refractivity contribution in [2.45, 2.75) is 23.9 Å². The number of oxime groups is 1. The normalized spacial score (nSPS) is 19.9. The Labute approximate surface area is 227 Å². The standard InChI is InChI=1S/C23H29N5O10S/c1-28(2,3)9-13(8-15(29)30)38-22(33)18-12(10-37-23(24)34)11-39-21-17(20(32)27(18)21)25-19(31)16(26-35-4)14-6-5-7-36-14/h5-7,13,17,21H,8-11H2,1-4H3,(H3-,24,25,29,30,31,34)/b26-16-/t13?,17-,21-/m1/s1. The molecule has 0 saturated carbocycles. The number of ether oxygens (including phenoxy) is 2. The number of aliphatic carboxylic acids is 1. The lowest BCUT2D eigenvalue weighted by Gasteiger charge is -2.49. The number of thioether (sulfide) groups is 1. The van der Waals surface area contributed by atoms with Crippen molar-refractivity contribution in [3.05, 3.63) is 35.4 Å². The van der Waals surface area contributed by atoms with Gasteiger partial charge in [-0.15, -0.1) is 11.8 Å². The predicted molar refractivity (Wildman–Crippen MR) is 132 cm³/mol. The summed E-state index contributed by atoms with van der Waals surface area (Å²) in [5.74, 6) is -3.57. The summed E-state index contributed by atoms with van der Waals surface area (Å²) in [5.41, 5.74) is 4.89. The molecule has 1 unspecified atom stereocenters. The number of nitrogens with zero attached hydrogens (tertiary/aromatic N) is 3. The molecule has 3 amide bonds. The molecule has 3 N–H and O–H groups in total. The first kappa shape index (κ1) is 29.5. The number of amides is 3. The summed E-state index contributed by atoms with van der Waals surface area (Å²) in [6.45, 7) is -0.261. The number of hydrogen-bond acceptors (Lipinski definition) is 12. The molecule has 0 bridgehead atoms. The van der Waals surface area contributed by atoms with Gasteiger partial charge in [-0.1, -0.05) is 5.16 Å². The topological polar surface area (TPSA) is 203 Å². The molecule has 0 radical (unpaired) electrons. The molecule has 212 valence electrons. The van der Waals surface area contributed by atoms with Gasteiger partial charge in [-0.05, 0) is 12.1 Å². The summed E-state index contributed by atoms with van der Waals surface area (Å²) in [5, 5.41) is 16.8. The monoisotopic (exact) mass is 567 g/mol. The highest BCUT2D eigenvalue weighted by Gasteiger charge is 2.55. The lowest BCUT2D eigenvalue weighted by Crippen LogP contribution is -2.71. The molecule has 3 atom stereocenters. The van der Waals surface area contributed by atoms with Crippen LogP contribution in [0.4, 0.5) is 4.79 Å². The summed E-state index contributed by atoms with van der Waals surface area (Å²) in [4.78, 5) is 67.8. The van der Waals surface area contributed by atoms with Gasteiger partial charge in [0.2, 0.25) is 5.71 Å². The molecule has 1 aromatic heterocycles. The van der Waals surface area contributed by atoms with Crippen molar-refractivity contribution in [1.82, 2.24) is 10.2 Å². The number of carbonyl (C=O) groups is 5. The van der Waals surface area contributed by atoms with Crippen molar-refractivity contribution in [3.8, 4) is 0 Å². The molecule has 1 aromatic rings. The molecule has 15 nitrogen and oxygen atoms in total. The SMILES string of the molecule is CO/N=C(\C(=O)N[C@@H]1C(=O)N2C(C(=O)OC(CC(=O)[O-])C[N+](C)(C)C)=C(COC(N)=O)CS[C@H]12)c1ccco1. The van der Waals surface area contributed by atoms with Crippen LogP contribution in [0.3, 0.4) is 0 Å². The molecule has 3 heterocycles. The van der Waals surface area contributed by atoms with Crippen LogP contribution < -0.4 is 16.2 Å². The highest BCUT2D eigenvalue weighted by molar-refractivity contribution is 8.00. The Balaban J connectivity index is 1.85. The maximum absolute atomic E-state index is 13.3. The molecule has 1 fully saturated rings. The molecule has 3 rings (SSSR count). The number of primary amides is 1. The highest BCUT2D eigenvalue weighted by atomic mass is 32.2. The van der Waals surface area contributed by atoms with Crippen LogP contribution in [0.2, 0.25) is 0 Å². The Morgan fingerprint density at radius 1 is 1.33 bits per heavy atom. The summed E-state index contributed by atoms with van der Waals surface area (Å²) < 4.78 is 15.8. The summed E-state index contributed by atoms with van der Waals surface area (Å²) >= 11 is 1.20. The van der Waals surface area contributed by atoms with Crippen molar-refractivity contribution < 1.29 is 52.3 Å². The first-order valence-corrected chi connectivity index (χ1v) is 12.6. The first-order chi connectivity index (χ1) is 18.3. The van der Waals surface area contributed by atoms with Crippen molar-refractivity contribution in [2.75, 3.05) is 47.2 Å². The third kappa shape index (κ3) is 7.29. The minimum atomic E-state index is -1.42. The second-order valence-electron chi connectivity index (χ2n) is 9.60. The number of esters is 1. The quantitative estimate of drug-likeness (QED) is 0.0942. The Morgan fingerprint density at radius 3 is 2.62 bits per heavy atom. The lowest BCUT2D eigenvalue weighted by molar-refractivity contribution is -0.873. The van der Waals surface area contributed by atoms with Gasteiger partial charge in [-0.25, -0.2) is 9.59 Å². The summed E-state index contributed by atoms with van der Waals surface area (Å²) in [6, 6.07) is 1.99. The number of quaternary nitrogens is 1. The average molecular weight is 568 g/mol. The highest BCUT2D eigenvalue weighted by Crippen LogP contribution is 2.41. The van der Waals surface area contributed by atoms with E-state index in [4.69, 9.17) is 24.5 Å². The largest absolute Gasteiger partial charge is 0.550 e. The smallest absolute Gasteiger partial charge is 0.404 e. The minimum Gasteiger partial charge on any atom is -0.550 e. The number of likely N-dealkylation sites (N-methyl/N-ethyl adjacent to an activating group) is 1. The summed E-state index contributed by atoms with van der Waals surface area (Å²) in [6.07, 6.45) is -1.40. The maximum atomic E-state index is 13.3. The van der Waals surface area contributed by atoms with E-state index in [1.807, 2.05) is 0 Å². The number of carbonyl (C=O) groups excluding carboxylic acids is 5. The third-order valence-corrected chi connectivity index (χ3v) is 6.83. The molecule has 2 aliphatic rings. The van der Waals surface area contributed by atoms with E-state index in [0.717, 1.165) is 4.90 Å². The number of furan rings is 1. The van der Waals surface area contributed by atoms with E-state index in [1.165, 1.54) is 31.2 Å². The van der Waals surface area contributed by atoms with E-state index in [-0.39, 0.29) is 39.5 Å². The zero-order valence-corrected chi connectivity index (χ0v) is 22.5. The maximum Gasteiger partial charge on any atom is 0.404 e. The number of β-lactam (4-membered cyclic amide) rings is 1. The molecule has 0 aliphatic carbocycles. The van der Waals surface area contributed by atoms with Gasteiger partial charge in [0.1, 0.15) is 37.4 Å². The van der Waals surface area contributed by atoms with Gasteiger partial charge < -0.3 is 44.2 Å². The van der Waals surface area contributed by atoms with Crippen LogP contribution in [-0.4, -0.2) is 110 Å². The Bertz CT molecular complexity index is 1190. The van der Waals surface area contributed by atoms with Gasteiger partial charge in [-0.3, -0.25) is 14.5 Å². The summed E-state index contributed by atoms with van der Waals surface area (Å²) in [7, 11) is 6.59. The molecular formula is C23H29N5O10S. The van der Waals surface area contributed by atoms with Crippen LogP contribution in [0, 0.1) is 0 Å². The molecular weight excluding hydrogens is 538 g/mol. The average Bonchev–Trinajstić information content (AvgIpc) is 3.36. The lowest BCUT2D eigenvalue weighted by atomic mass is 10.0. The van der Waals surface area contributed by atoms with Crippen molar-refractivity contribution in [1.29, 1.82) is 0 Å². The molecule has 39 heavy (non-hydrogen) atoms. The first-order valence-electron chi connectivity index (χ1n) is 11.6. The van der Waals surface area contributed by atoms with Gasteiger partial charge >= 0.3 is 12.1 Å². The van der Waals surface area contributed by atoms with Gasteiger partial charge in [0.25, 0.3) is 11.8 Å². The van der Waals surface area contributed by atoms with Gasteiger partial charge in [-0.2, -0.15) is 0 Å². The van der Waals surface area contributed by atoms with E-state index in [9.17, 15) is 29.1 Å². The number of nitrogens with one attached hydrogen (secondary N) is 1. The van der Waals surface area contributed by atoms with Crippen LogP contribution in [0.15, 0.2) is 39.2 Å². The fraction of sp³-hybridized carbons (Fsp3) is 0.478. The third-order valence-electron chi connectivity index (χ3n) is 5.49. The number of rotatable bonds is 12. The second-order valence-corrected chi connectivity index (χ2v) is 10.7. The molecule has 0 spiro atoms. The number of fused-ring (bicyclic) bond motifs is 1. The van der Waals surface area contributed by atoms with E-state index in [2.05, 4.69) is 10.5 Å². The van der Waals surface area contributed by atoms with Crippen molar-refractivity contribution in [3.63, 3.8) is 0 Å². The fourth-order valence-corrected chi connectivity index (χ4v) is 5.33. The fourth-order valence-electron chi connectivity index (χ4n) is 4.00. The number of carboxylic acid groups (broad SMARTS) is 1. The van der Waals surface area contributed by atoms with E-state index >= 15 is 0 Å². The zero-order valence-electron chi connectivity index (χ0n) is 21.7. The van der Waals surface area contributed by atoms with E-state index < -0.39 is 60.4 Å². The van der Waals surface area contributed by atoms with Crippen molar-refractivity contribution in [2.24, 2.45) is 10.9 Å². The minimum absolute atomic E-state index is 0.112. The van der Waals surface area contributed by atoms with Crippen LogP contribution in [0.25, 0.3) is 0 Å². The van der Waals surface area contributed by atoms with Crippen LogP contribution in [0.1, 0.15) is 12.2 Å². The Hall–Kier alpha value is -4.05. The molecule has 1 saturated heterocycles. The zero-order chi connectivity index (χ0) is 28.9. The molecule has 0 aromatic carbocycles. The van der Waals surface area contributed by atoms with Gasteiger partial charge in [0, 0.05) is 23.7 Å². The number of nitrogens with two attached hydrogens (primary N) is 1. The number of carboxylic acids is 1.